The lowest BCUT2D eigenvalue weighted by Gasteiger charge is -2.37. The van der Waals surface area contributed by atoms with E-state index in [1.54, 1.807) is 12.1 Å². The highest BCUT2D eigenvalue weighted by Crippen LogP contribution is 2.65. The van der Waals surface area contributed by atoms with E-state index in [0.29, 0.717) is 28.1 Å². The van der Waals surface area contributed by atoms with Gasteiger partial charge in [0, 0.05) is 11.3 Å². The molecule has 0 spiro atoms. The average molecular weight is 495 g/mol. The number of hydrogen-bond acceptors (Lipinski definition) is 3. The number of benzene rings is 2. The number of halogens is 2. The van der Waals surface area contributed by atoms with Gasteiger partial charge in [-0.1, -0.05) is 54.4 Å². The molecule has 0 unspecified atom stereocenters. The normalized spacial score (nSPS) is 30.4. The van der Waals surface area contributed by atoms with E-state index in [9.17, 15) is 14.4 Å². The Hall–Kier alpha value is -2.63. The molecule has 6 atom stereocenters. The molecule has 0 radical (unpaired) electrons. The van der Waals surface area contributed by atoms with Crippen LogP contribution in [0.15, 0.2) is 54.6 Å². The molecule has 2 aromatic rings. The van der Waals surface area contributed by atoms with Crippen LogP contribution in [0.4, 0.5) is 5.69 Å². The second-order valence-corrected chi connectivity index (χ2v) is 10.6. The van der Waals surface area contributed by atoms with Crippen molar-refractivity contribution in [1.82, 2.24) is 4.90 Å². The summed E-state index contributed by atoms with van der Waals surface area (Å²) in [7, 11) is 0. The summed E-state index contributed by atoms with van der Waals surface area (Å²) in [6.07, 6.45) is 6.28. The highest BCUT2D eigenvalue weighted by molar-refractivity contribution is 6.42. The van der Waals surface area contributed by atoms with Gasteiger partial charge < -0.3 is 0 Å². The Kier molecular flexibility index (Phi) is 5.12. The molecular weight excluding hydrogens is 471 g/mol. The van der Waals surface area contributed by atoms with Crippen LogP contribution < -0.4 is 4.90 Å². The summed E-state index contributed by atoms with van der Waals surface area (Å²) >= 11 is 12.2. The molecular formula is C27H24Cl2N2O3. The predicted octanol–water partition coefficient (Wildman–Crippen LogP) is 5.21. The van der Waals surface area contributed by atoms with Gasteiger partial charge in [-0.15, -0.1) is 0 Å². The van der Waals surface area contributed by atoms with Crippen LogP contribution in [0.25, 0.3) is 0 Å². The van der Waals surface area contributed by atoms with Crippen LogP contribution in [0, 0.1) is 35.5 Å². The SMILES string of the molecule is CCc1ccc(N(CN2C(=O)[C@@H]3[C@@H]4C=C[C@H]([C@H]5C[C@H]45)[C@@H]3C2=O)C(=O)c2ccc(Cl)c(Cl)c2)cc1. The molecule has 34 heavy (non-hydrogen) atoms. The van der Waals surface area contributed by atoms with Crippen molar-refractivity contribution in [3.8, 4) is 0 Å². The molecule has 0 N–H and O–H groups in total. The Labute approximate surface area is 208 Å². The summed E-state index contributed by atoms with van der Waals surface area (Å²) in [5.41, 5.74) is 2.09. The molecule has 7 rings (SSSR count). The Morgan fingerprint density at radius 2 is 1.56 bits per heavy atom. The number of allylic oxidation sites excluding steroid dienone is 2. The van der Waals surface area contributed by atoms with Crippen LogP contribution in [-0.4, -0.2) is 29.3 Å². The quantitative estimate of drug-likeness (QED) is 0.423. The largest absolute Gasteiger partial charge is 0.290 e. The van der Waals surface area contributed by atoms with E-state index in [-0.39, 0.29) is 53.1 Å². The number of amides is 3. The number of hydrogen-bond donors (Lipinski definition) is 0. The fourth-order valence-electron chi connectivity index (χ4n) is 6.26. The molecule has 5 nitrogen and oxygen atoms in total. The predicted molar refractivity (Wildman–Crippen MR) is 131 cm³/mol. The number of aryl methyl sites for hydroxylation is 1. The highest BCUT2D eigenvalue weighted by Gasteiger charge is 2.67. The van der Waals surface area contributed by atoms with Gasteiger partial charge in [0.2, 0.25) is 11.8 Å². The molecule has 1 heterocycles. The van der Waals surface area contributed by atoms with Crippen molar-refractivity contribution in [2.24, 2.45) is 35.5 Å². The standard InChI is InChI=1S/C27H24Cl2N2O3/c1-2-14-3-6-16(7-4-14)30(25(32)15-5-10-21(28)22(29)11-15)13-31-26(33)23-17-8-9-18(20-12-19(17)20)24(23)27(31)34/h3-11,17-20,23-24H,2,12-13H2,1H3/t17-,18-,19-,20-,23-,24+/m1/s1. The Morgan fingerprint density at radius 1 is 0.941 bits per heavy atom. The summed E-state index contributed by atoms with van der Waals surface area (Å²) in [6.45, 7) is 1.94. The van der Waals surface area contributed by atoms with E-state index in [1.165, 1.54) is 15.9 Å². The molecule has 3 fully saturated rings. The van der Waals surface area contributed by atoms with Crippen LogP contribution in [0.1, 0.15) is 29.3 Å². The second kappa shape index (κ2) is 7.96. The van der Waals surface area contributed by atoms with Gasteiger partial charge in [0.25, 0.3) is 5.91 Å². The van der Waals surface area contributed by atoms with Crippen molar-refractivity contribution < 1.29 is 14.4 Å². The van der Waals surface area contributed by atoms with E-state index in [1.807, 2.05) is 24.3 Å². The van der Waals surface area contributed by atoms with Gasteiger partial charge in [-0.05, 0) is 72.4 Å². The summed E-state index contributed by atoms with van der Waals surface area (Å²) in [5, 5.41) is 0.627. The minimum atomic E-state index is -0.345. The maximum atomic E-state index is 13.6. The third-order valence-corrected chi connectivity index (χ3v) is 8.84. The number of anilines is 1. The van der Waals surface area contributed by atoms with E-state index >= 15 is 0 Å². The zero-order valence-corrected chi connectivity index (χ0v) is 20.2. The van der Waals surface area contributed by atoms with Crippen molar-refractivity contribution in [3.05, 3.63) is 75.8 Å². The van der Waals surface area contributed by atoms with Crippen LogP contribution in [0.2, 0.25) is 10.0 Å². The van der Waals surface area contributed by atoms with E-state index < -0.39 is 0 Å². The number of likely N-dealkylation sites (tertiary alicyclic amines) is 1. The third kappa shape index (κ3) is 3.24. The van der Waals surface area contributed by atoms with Crippen molar-refractivity contribution in [2.45, 2.75) is 19.8 Å². The molecule has 2 bridgehead atoms. The molecule has 4 aliphatic carbocycles. The first-order chi connectivity index (χ1) is 16.4. The fourth-order valence-corrected chi connectivity index (χ4v) is 6.56. The molecule has 1 saturated heterocycles. The van der Waals surface area contributed by atoms with Crippen LogP contribution in [0.5, 0.6) is 0 Å². The van der Waals surface area contributed by atoms with E-state index in [2.05, 4.69) is 19.1 Å². The van der Waals surface area contributed by atoms with Gasteiger partial charge in [0.15, 0.2) is 0 Å². The zero-order chi connectivity index (χ0) is 23.7. The number of carbonyl (C=O) groups is 3. The number of rotatable bonds is 5. The number of carbonyl (C=O) groups excluding carboxylic acids is 3. The summed E-state index contributed by atoms with van der Waals surface area (Å²) < 4.78 is 0. The third-order valence-electron chi connectivity index (χ3n) is 8.10. The smallest absolute Gasteiger partial charge is 0.259 e. The number of imide groups is 1. The van der Waals surface area contributed by atoms with Crippen LogP contribution >= 0.6 is 23.2 Å². The molecule has 3 amide bonds. The van der Waals surface area contributed by atoms with Crippen molar-refractivity contribution >= 4 is 46.6 Å². The van der Waals surface area contributed by atoms with E-state index in [4.69, 9.17) is 23.2 Å². The lowest BCUT2D eigenvalue weighted by atomic mass is 9.63. The van der Waals surface area contributed by atoms with Crippen molar-refractivity contribution in [3.63, 3.8) is 0 Å². The first-order valence-electron chi connectivity index (χ1n) is 11.8. The molecule has 2 aromatic carbocycles. The summed E-state index contributed by atoms with van der Waals surface area (Å²) in [4.78, 5) is 43.5. The topological polar surface area (TPSA) is 57.7 Å². The molecule has 0 aromatic heterocycles. The Bertz CT molecular complexity index is 1200. The maximum Gasteiger partial charge on any atom is 0.259 e. The van der Waals surface area contributed by atoms with E-state index in [0.717, 1.165) is 18.4 Å². The van der Waals surface area contributed by atoms with Gasteiger partial charge in [-0.3, -0.25) is 24.2 Å². The molecule has 5 aliphatic rings. The van der Waals surface area contributed by atoms with Crippen molar-refractivity contribution in [1.29, 1.82) is 0 Å². The van der Waals surface area contributed by atoms with Crippen LogP contribution in [-0.2, 0) is 16.0 Å². The van der Waals surface area contributed by atoms with Gasteiger partial charge in [0.05, 0.1) is 21.9 Å². The lowest BCUT2D eigenvalue weighted by molar-refractivity contribution is -0.140. The average Bonchev–Trinajstić information content (AvgIpc) is 3.64. The van der Waals surface area contributed by atoms with Gasteiger partial charge in [0.1, 0.15) is 6.67 Å². The maximum absolute atomic E-state index is 13.6. The second-order valence-electron chi connectivity index (χ2n) is 9.78. The first-order valence-corrected chi connectivity index (χ1v) is 12.5. The zero-order valence-electron chi connectivity index (χ0n) is 18.7. The molecule has 174 valence electrons. The van der Waals surface area contributed by atoms with Crippen molar-refractivity contribution in [2.75, 3.05) is 11.6 Å². The van der Waals surface area contributed by atoms with Gasteiger partial charge in [-0.2, -0.15) is 0 Å². The molecule has 1 aliphatic heterocycles. The highest BCUT2D eigenvalue weighted by atomic mass is 35.5. The summed E-state index contributed by atoms with van der Waals surface area (Å²) in [5.74, 6) is 0.100. The minimum absolute atomic E-state index is 0.121. The van der Waals surface area contributed by atoms with Gasteiger partial charge in [-0.25, -0.2) is 0 Å². The monoisotopic (exact) mass is 494 g/mol. The molecule has 2 saturated carbocycles. The molecule has 7 heteroatoms. The fraction of sp³-hybridized carbons (Fsp3) is 0.370. The summed E-state index contributed by atoms with van der Waals surface area (Å²) in [6, 6.07) is 12.3. The number of nitrogens with zero attached hydrogens (tertiary/aromatic N) is 2. The lowest BCUT2D eigenvalue weighted by Crippen LogP contribution is -2.45. The minimum Gasteiger partial charge on any atom is -0.290 e. The Morgan fingerprint density at radius 3 is 2.12 bits per heavy atom. The Balaban J connectivity index is 1.34. The van der Waals surface area contributed by atoms with Gasteiger partial charge >= 0.3 is 0 Å². The first kappa shape index (κ1) is 21.9. The van der Waals surface area contributed by atoms with Crippen LogP contribution in [0.3, 0.4) is 0 Å².